The number of carbonyl (C=O) groups excluding carboxylic acids is 1. The first-order chi connectivity index (χ1) is 15.6. The van der Waals surface area contributed by atoms with Crippen LogP contribution in [-0.2, 0) is 4.79 Å². The average Bonchev–Trinajstić information content (AvgIpc) is 3.27. The van der Waals surface area contributed by atoms with E-state index in [0.717, 1.165) is 77.7 Å². The molecule has 0 bridgehead atoms. The van der Waals surface area contributed by atoms with E-state index in [1.807, 2.05) is 11.8 Å². The molecule has 1 aromatic rings. The van der Waals surface area contributed by atoms with E-state index in [1.54, 1.807) is 0 Å². The first-order valence-corrected chi connectivity index (χ1v) is 12.5. The van der Waals surface area contributed by atoms with Gasteiger partial charge in [-0.3, -0.25) is 14.7 Å². The van der Waals surface area contributed by atoms with E-state index in [-0.39, 0.29) is 29.9 Å². The summed E-state index contributed by atoms with van der Waals surface area (Å²) >= 11 is 0. The fourth-order valence-electron chi connectivity index (χ4n) is 4.53. The predicted octanol–water partition coefficient (Wildman–Crippen LogP) is 3.08. The third kappa shape index (κ3) is 8.96. The fourth-order valence-corrected chi connectivity index (χ4v) is 4.53. The smallest absolute Gasteiger partial charge is 0.222 e. The SMILES string of the molecule is CCNC(=NCCCCN1CCN(c2cccc(C)c2)CC1)NC1CCN(C(=O)CC)C1.I. The molecular weight excluding hydrogens is 527 g/mol. The Hall–Kier alpha value is -1.55. The van der Waals surface area contributed by atoms with Crippen LogP contribution in [0.3, 0.4) is 0 Å². The number of amides is 1. The molecule has 2 aliphatic rings. The molecule has 1 aromatic carbocycles. The number of unbranched alkanes of at least 4 members (excludes halogenated alkanes) is 1. The number of anilines is 1. The standard InChI is InChI=1S/C25H42N6O.HI/c1-4-24(32)31-14-11-22(20-31)28-25(26-5-2)27-12-6-7-13-29-15-17-30(18-16-29)23-10-8-9-21(3)19-23;/h8-10,19,22H,4-7,11-18,20H2,1-3H3,(H2,26,27,28);1H. The van der Waals surface area contributed by atoms with Gasteiger partial charge in [-0.2, -0.15) is 0 Å². The minimum Gasteiger partial charge on any atom is -0.369 e. The lowest BCUT2D eigenvalue weighted by atomic mass is 10.2. The molecule has 2 N–H and O–H groups in total. The van der Waals surface area contributed by atoms with Gasteiger partial charge in [-0.15, -0.1) is 24.0 Å². The number of halogens is 1. The third-order valence-electron chi connectivity index (χ3n) is 6.42. The van der Waals surface area contributed by atoms with Crippen LogP contribution in [0.1, 0.15) is 45.1 Å². The van der Waals surface area contributed by atoms with Gasteiger partial charge in [0, 0.05) is 70.5 Å². The second-order valence-electron chi connectivity index (χ2n) is 8.96. The lowest BCUT2D eigenvalue weighted by molar-refractivity contribution is -0.129. The van der Waals surface area contributed by atoms with Crippen LogP contribution in [0.5, 0.6) is 0 Å². The molecule has 1 unspecified atom stereocenters. The quantitative estimate of drug-likeness (QED) is 0.207. The van der Waals surface area contributed by atoms with Crippen molar-refractivity contribution in [3.05, 3.63) is 29.8 Å². The van der Waals surface area contributed by atoms with Gasteiger partial charge >= 0.3 is 0 Å². The number of carbonyl (C=O) groups is 1. The minimum atomic E-state index is 0. The van der Waals surface area contributed by atoms with Crippen molar-refractivity contribution in [1.29, 1.82) is 0 Å². The zero-order chi connectivity index (χ0) is 22.8. The Balaban J connectivity index is 0.00000385. The molecule has 2 fully saturated rings. The second-order valence-corrected chi connectivity index (χ2v) is 8.96. The van der Waals surface area contributed by atoms with Gasteiger partial charge in [-0.25, -0.2) is 0 Å². The molecule has 0 radical (unpaired) electrons. The number of hydrogen-bond acceptors (Lipinski definition) is 4. The van der Waals surface area contributed by atoms with E-state index in [4.69, 9.17) is 4.99 Å². The number of nitrogens with zero attached hydrogens (tertiary/aromatic N) is 4. The number of piperazine rings is 1. The van der Waals surface area contributed by atoms with Crippen molar-refractivity contribution in [3.63, 3.8) is 0 Å². The highest BCUT2D eigenvalue weighted by molar-refractivity contribution is 14.0. The molecule has 0 aromatic heterocycles. The van der Waals surface area contributed by atoms with Crippen LogP contribution >= 0.6 is 24.0 Å². The van der Waals surface area contributed by atoms with Crippen LogP contribution in [0.25, 0.3) is 0 Å². The predicted molar refractivity (Wildman–Crippen MR) is 149 cm³/mol. The summed E-state index contributed by atoms with van der Waals surface area (Å²) in [6.45, 7) is 15.1. The monoisotopic (exact) mass is 570 g/mol. The van der Waals surface area contributed by atoms with Crippen molar-refractivity contribution in [1.82, 2.24) is 20.4 Å². The zero-order valence-electron chi connectivity index (χ0n) is 20.7. The molecular formula is C25H43IN6O. The zero-order valence-corrected chi connectivity index (χ0v) is 23.0. The van der Waals surface area contributed by atoms with Crippen LogP contribution in [0.4, 0.5) is 5.69 Å². The first-order valence-electron chi connectivity index (χ1n) is 12.5. The van der Waals surface area contributed by atoms with E-state index in [0.29, 0.717) is 12.5 Å². The van der Waals surface area contributed by atoms with Gasteiger partial charge in [0.25, 0.3) is 0 Å². The van der Waals surface area contributed by atoms with Crippen LogP contribution in [0.15, 0.2) is 29.3 Å². The molecule has 2 heterocycles. The molecule has 0 saturated carbocycles. The molecule has 7 nitrogen and oxygen atoms in total. The molecule has 1 atom stereocenters. The molecule has 186 valence electrons. The highest BCUT2D eigenvalue weighted by Crippen LogP contribution is 2.18. The molecule has 1 amide bonds. The van der Waals surface area contributed by atoms with Gasteiger partial charge in [-0.05, 0) is 57.4 Å². The van der Waals surface area contributed by atoms with E-state index >= 15 is 0 Å². The Morgan fingerprint density at radius 3 is 2.61 bits per heavy atom. The normalized spacial score (nSPS) is 19.4. The maximum atomic E-state index is 11.9. The van der Waals surface area contributed by atoms with E-state index in [1.165, 1.54) is 17.7 Å². The Morgan fingerprint density at radius 2 is 1.91 bits per heavy atom. The van der Waals surface area contributed by atoms with Gasteiger partial charge in [0.2, 0.25) is 5.91 Å². The third-order valence-corrected chi connectivity index (χ3v) is 6.42. The van der Waals surface area contributed by atoms with Crippen molar-refractivity contribution in [2.75, 3.05) is 63.8 Å². The van der Waals surface area contributed by atoms with Gasteiger partial charge < -0.3 is 20.4 Å². The van der Waals surface area contributed by atoms with Crippen LogP contribution in [0.2, 0.25) is 0 Å². The van der Waals surface area contributed by atoms with E-state index < -0.39 is 0 Å². The number of aliphatic imine (C=N–C) groups is 1. The lowest BCUT2D eigenvalue weighted by Gasteiger charge is -2.36. The summed E-state index contributed by atoms with van der Waals surface area (Å²) in [5, 5.41) is 6.87. The number of nitrogens with one attached hydrogen (secondary N) is 2. The molecule has 3 rings (SSSR count). The van der Waals surface area contributed by atoms with Crippen LogP contribution < -0.4 is 15.5 Å². The number of likely N-dealkylation sites (tertiary alicyclic amines) is 1. The summed E-state index contributed by atoms with van der Waals surface area (Å²) in [6.07, 6.45) is 3.85. The number of benzene rings is 1. The van der Waals surface area contributed by atoms with Crippen molar-refractivity contribution in [3.8, 4) is 0 Å². The van der Waals surface area contributed by atoms with Crippen LogP contribution in [-0.4, -0.2) is 86.6 Å². The number of guanidine groups is 1. The Morgan fingerprint density at radius 1 is 1.12 bits per heavy atom. The summed E-state index contributed by atoms with van der Waals surface area (Å²) in [6, 6.07) is 9.12. The minimum absolute atomic E-state index is 0. The molecule has 0 aliphatic carbocycles. The fraction of sp³-hybridized carbons (Fsp3) is 0.680. The number of hydrogen-bond donors (Lipinski definition) is 2. The molecule has 33 heavy (non-hydrogen) atoms. The average molecular weight is 571 g/mol. The number of aryl methyl sites for hydroxylation is 1. The summed E-state index contributed by atoms with van der Waals surface area (Å²) in [7, 11) is 0. The van der Waals surface area contributed by atoms with Gasteiger partial charge in [0.05, 0.1) is 0 Å². The molecule has 8 heteroatoms. The summed E-state index contributed by atoms with van der Waals surface area (Å²) < 4.78 is 0. The Bertz CT molecular complexity index is 750. The van der Waals surface area contributed by atoms with Crippen molar-refractivity contribution in [2.24, 2.45) is 4.99 Å². The van der Waals surface area contributed by atoms with Crippen molar-refractivity contribution in [2.45, 2.75) is 52.5 Å². The van der Waals surface area contributed by atoms with Crippen molar-refractivity contribution >= 4 is 41.5 Å². The second kappa shape index (κ2) is 14.7. The largest absolute Gasteiger partial charge is 0.369 e. The highest BCUT2D eigenvalue weighted by atomic mass is 127. The van der Waals surface area contributed by atoms with Gasteiger partial charge in [-0.1, -0.05) is 19.1 Å². The van der Waals surface area contributed by atoms with Gasteiger partial charge in [0.15, 0.2) is 5.96 Å². The van der Waals surface area contributed by atoms with Crippen molar-refractivity contribution < 1.29 is 4.79 Å². The summed E-state index contributed by atoms with van der Waals surface area (Å²) in [5.41, 5.74) is 2.68. The van der Waals surface area contributed by atoms with E-state index in [2.05, 4.69) is 58.5 Å². The Labute approximate surface area is 217 Å². The van der Waals surface area contributed by atoms with E-state index in [9.17, 15) is 4.79 Å². The maximum Gasteiger partial charge on any atom is 0.222 e. The first kappa shape index (κ1) is 27.7. The maximum absolute atomic E-state index is 11.9. The van der Waals surface area contributed by atoms with Gasteiger partial charge in [0.1, 0.15) is 0 Å². The number of rotatable bonds is 9. The summed E-state index contributed by atoms with van der Waals surface area (Å²) in [4.78, 5) is 23.7. The molecule has 2 aliphatic heterocycles. The molecule has 2 saturated heterocycles. The molecule has 0 spiro atoms. The van der Waals surface area contributed by atoms with Crippen LogP contribution in [0, 0.1) is 6.92 Å². The highest BCUT2D eigenvalue weighted by Gasteiger charge is 2.25. The topological polar surface area (TPSA) is 63.2 Å². The Kier molecular flexibility index (Phi) is 12.3. The lowest BCUT2D eigenvalue weighted by Crippen LogP contribution is -2.46. The summed E-state index contributed by atoms with van der Waals surface area (Å²) in [5.74, 6) is 1.13.